The first-order valence-corrected chi connectivity index (χ1v) is 10.6. The summed E-state index contributed by atoms with van der Waals surface area (Å²) in [5.74, 6) is -0.144. The smallest absolute Gasteiger partial charge is 0.319 e. The Morgan fingerprint density at radius 2 is 2.00 bits per heavy atom. The number of amides is 2. The number of fused-ring (bicyclic) bond motifs is 1. The van der Waals surface area contributed by atoms with Gasteiger partial charge in [0.1, 0.15) is 0 Å². The van der Waals surface area contributed by atoms with Crippen LogP contribution in [-0.4, -0.2) is 61.3 Å². The van der Waals surface area contributed by atoms with Crippen molar-refractivity contribution in [3.8, 4) is 0 Å². The Labute approximate surface area is 159 Å². The van der Waals surface area contributed by atoms with Crippen LogP contribution in [-0.2, 0) is 14.8 Å². The lowest BCUT2D eigenvalue weighted by atomic mass is 10.1. The van der Waals surface area contributed by atoms with Crippen molar-refractivity contribution in [2.75, 3.05) is 30.7 Å². The number of nitrogens with one attached hydrogen (secondary N) is 3. The van der Waals surface area contributed by atoms with Crippen LogP contribution in [0, 0.1) is 6.92 Å². The van der Waals surface area contributed by atoms with Gasteiger partial charge in [-0.15, -0.1) is 0 Å². The number of urea groups is 1. The van der Waals surface area contributed by atoms with Gasteiger partial charge in [-0.3, -0.25) is 0 Å². The molecule has 2 amide bonds. The minimum atomic E-state index is -3.44. The number of sulfonamides is 1. The Morgan fingerprint density at radius 1 is 1.30 bits per heavy atom. The lowest BCUT2D eigenvalue weighted by Crippen LogP contribution is -2.49. The molecular formula is C18H26N4O4S. The molecule has 1 aromatic heterocycles. The van der Waals surface area contributed by atoms with Crippen molar-refractivity contribution in [2.45, 2.75) is 33.0 Å². The van der Waals surface area contributed by atoms with Crippen LogP contribution >= 0.6 is 0 Å². The number of carbonyl (C=O) groups excluding carboxylic acids is 1. The van der Waals surface area contributed by atoms with Gasteiger partial charge in [-0.2, -0.15) is 4.31 Å². The standard InChI is InChI=1S/C18H26N4O4S/c1-12-8-15-4-5-19-17(15)9-16(12)21-18(23)20-6-7-27(24,25)22-10-13(2)26-14(3)11-22/h4-5,8-9,13-14,19H,6-7,10-11H2,1-3H3,(H2,20,21,23)/t13-,14-/m0/s1. The fourth-order valence-corrected chi connectivity index (χ4v) is 4.79. The first-order chi connectivity index (χ1) is 12.7. The number of morpholine rings is 1. The minimum absolute atomic E-state index is 0.0398. The molecule has 2 atom stereocenters. The zero-order valence-corrected chi connectivity index (χ0v) is 16.6. The second-order valence-electron chi connectivity index (χ2n) is 7.00. The number of aromatic nitrogens is 1. The van der Waals surface area contributed by atoms with Crippen LogP contribution in [0.1, 0.15) is 19.4 Å². The Bertz CT molecular complexity index is 915. The van der Waals surface area contributed by atoms with Crippen molar-refractivity contribution < 1.29 is 17.9 Å². The Morgan fingerprint density at radius 3 is 2.70 bits per heavy atom. The lowest BCUT2D eigenvalue weighted by molar-refractivity contribution is -0.0440. The number of carbonyl (C=O) groups is 1. The van der Waals surface area contributed by atoms with E-state index in [4.69, 9.17) is 4.74 Å². The van der Waals surface area contributed by atoms with Gasteiger partial charge in [0.05, 0.1) is 18.0 Å². The summed E-state index contributed by atoms with van der Waals surface area (Å²) in [5, 5.41) is 6.46. The van der Waals surface area contributed by atoms with Crippen LogP contribution in [0.15, 0.2) is 24.4 Å². The molecule has 27 heavy (non-hydrogen) atoms. The number of ether oxygens (including phenoxy) is 1. The van der Waals surface area contributed by atoms with Crippen molar-refractivity contribution in [3.63, 3.8) is 0 Å². The molecule has 2 heterocycles. The molecule has 148 valence electrons. The topological polar surface area (TPSA) is 104 Å². The Hall–Kier alpha value is -2.10. The fraction of sp³-hybridized carbons (Fsp3) is 0.500. The van der Waals surface area contributed by atoms with Crippen LogP contribution in [0.5, 0.6) is 0 Å². The molecule has 2 aromatic rings. The lowest BCUT2D eigenvalue weighted by Gasteiger charge is -2.34. The molecule has 1 fully saturated rings. The largest absolute Gasteiger partial charge is 0.373 e. The highest BCUT2D eigenvalue weighted by Crippen LogP contribution is 2.22. The molecule has 1 aromatic carbocycles. The minimum Gasteiger partial charge on any atom is -0.373 e. The number of aromatic amines is 1. The first kappa shape index (κ1) is 19.7. The maximum Gasteiger partial charge on any atom is 0.319 e. The summed E-state index contributed by atoms with van der Waals surface area (Å²) in [6, 6.07) is 5.37. The van der Waals surface area contributed by atoms with Crippen LogP contribution in [0.2, 0.25) is 0 Å². The summed E-state index contributed by atoms with van der Waals surface area (Å²) in [5.41, 5.74) is 2.54. The highest BCUT2D eigenvalue weighted by Gasteiger charge is 2.30. The molecule has 8 nitrogen and oxygen atoms in total. The summed E-state index contributed by atoms with van der Waals surface area (Å²) in [7, 11) is -3.44. The summed E-state index contributed by atoms with van der Waals surface area (Å²) in [6.07, 6.45) is 1.57. The average molecular weight is 394 g/mol. The van der Waals surface area contributed by atoms with Gasteiger partial charge in [-0.05, 0) is 49.9 Å². The van der Waals surface area contributed by atoms with Gasteiger partial charge in [0.15, 0.2) is 0 Å². The zero-order chi connectivity index (χ0) is 19.6. The summed E-state index contributed by atoms with van der Waals surface area (Å²) >= 11 is 0. The molecule has 3 rings (SSSR count). The zero-order valence-electron chi connectivity index (χ0n) is 15.8. The van der Waals surface area contributed by atoms with E-state index in [0.717, 1.165) is 16.5 Å². The van der Waals surface area contributed by atoms with E-state index in [1.165, 1.54) is 4.31 Å². The fourth-order valence-electron chi connectivity index (χ4n) is 3.30. The van der Waals surface area contributed by atoms with Gasteiger partial charge < -0.3 is 20.4 Å². The second kappa shape index (κ2) is 7.87. The number of benzene rings is 1. The van der Waals surface area contributed by atoms with Crippen molar-refractivity contribution in [2.24, 2.45) is 0 Å². The quantitative estimate of drug-likeness (QED) is 0.722. The number of rotatable bonds is 5. The third kappa shape index (κ3) is 4.79. The monoisotopic (exact) mass is 394 g/mol. The van der Waals surface area contributed by atoms with Gasteiger partial charge in [-0.25, -0.2) is 13.2 Å². The van der Waals surface area contributed by atoms with Gasteiger partial charge in [0.25, 0.3) is 0 Å². The van der Waals surface area contributed by atoms with Crippen LogP contribution in [0.25, 0.3) is 10.9 Å². The van der Waals surface area contributed by atoms with E-state index in [-0.39, 0.29) is 24.5 Å². The van der Waals surface area contributed by atoms with Crippen molar-refractivity contribution >= 4 is 32.6 Å². The molecule has 0 bridgehead atoms. The van der Waals surface area contributed by atoms with Crippen LogP contribution in [0.4, 0.5) is 10.5 Å². The molecule has 0 saturated carbocycles. The average Bonchev–Trinajstić information content (AvgIpc) is 3.01. The van der Waals surface area contributed by atoms with Crippen molar-refractivity contribution in [1.82, 2.24) is 14.6 Å². The third-order valence-electron chi connectivity index (χ3n) is 4.57. The molecule has 9 heteroatoms. The molecule has 1 aliphatic rings. The van der Waals surface area contributed by atoms with E-state index < -0.39 is 16.1 Å². The van der Waals surface area contributed by atoms with Gasteiger partial charge >= 0.3 is 6.03 Å². The van der Waals surface area contributed by atoms with Crippen LogP contribution in [0.3, 0.4) is 0 Å². The Balaban J connectivity index is 1.53. The molecule has 0 aliphatic carbocycles. The molecule has 1 saturated heterocycles. The maximum atomic E-state index is 12.5. The van der Waals surface area contributed by atoms with E-state index in [2.05, 4.69) is 15.6 Å². The van der Waals surface area contributed by atoms with Crippen molar-refractivity contribution in [3.05, 3.63) is 30.0 Å². The van der Waals surface area contributed by atoms with E-state index in [1.54, 1.807) is 0 Å². The summed E-state index contributed by atoms with van der Waals surface area (Å²) < 4.78 is 32.0. The second-order valence-corrected chi connectivity index (χ2v) is 9.09. The molecule has 0 unspecified atom stereocenters. The van der Waals surface area contributed by atoms with E-state index in [9.17, 15) is 13.2 Å². The number of H-pyrrole nitrogens is 1. The normalized spacial score (nSPS) is 21.3. The summed E-state index contributed by atoms with van der Waals surface area (Å²) in [6.45, 7) is 6.34. The Kier molecular flexibility index (Phi) is 5.73. The predicted octanol–water partition coefficient (Wildman–Crippen LogP) is 2.04. The number of anilines is 1. The van der Waals surface area contributed by atoms with Gasteiger partial charge in [0.2, 0.25) is 10.0 Å². The first-order valence-electron chi connectivity index (χ1n) is 9.00. The molecule has 3 N–H and O–H groups in total. The van der Waals surface area contributed by atoms with Gasteiger partial charge in [-0.1, -0.05) is 0 Å². The maximum absolute atomic E-state index is 12.5. The third-order valence-corrected chi connectivity index (χ3v) is 6.38. The molecule has 1 aliphatic heterocycles. The van der Waals surface area contributed by atoms with E-state index in [1.807, 2.05) is 45.2 Å². The molecule has 0 spiro atoms. The predicted molar refractivity (Wildman–Crippen MR) is 105 cm³/mol. The van der Waals surface area contributed by atoms with Crippen molar-refractivity contribution in [1.29, 1.82) is 0 Å². The number of hydrogen-bond acceptors (Lipinski definition) is 4. The number of hydrogen-bond donors (Lipinski definition) is 3. The van der Waals surface area contributed by atoms with Gasteiger partial charge in [0, 0.05) is 37.0 Å². The SMILES string of the molecule is Cc1cc2cc[nH]c2cc1NC(=O)NCCS(=O)(=O)N1C[C@H](C)O[C@@H](C)C1. The number of nitrogens with zero attached hydrogens (tertiary/aromatic N) is 1. The highest BCUT2D eigenvalue weighted by molar-refractivity contribution is 7.89. The van der Waals surface area contributed by atoms with Crippen LogP contribution < -0.4 is 10.6 Å². The molecular weight excluding hydrogens is 368 g/mol. The number of aryl methyl sites for hydroxylation is 1. The van der Waals surface area contributed by atoms with E-state index in [0.29, 0.717) is 18.8 Å². The molecule has 0 radical (unpaired) electrons. The highest BCUT2D eigenvalue weighted by atomic mass is 32.2. The summed E-state index contributed by atoms with van der Waals surface area (Å²) in [4.78, 5) is 15.2. The van der Waals surface area contributed by atoms with E-state index >= 15 is 0 Å².